The van der Waals surface area contributed by atoms with E-state index in [4.69, 9.17) is 11.6 Å². The number of aliphatic hydroxyl groups is 1. The first-order chi connectivity index (χ1) is 9.18. The van der Waals surface area contributed by atoms with Crippen LogP contribution >= 0.6 is 11.6 Å². The number of aliphatic hydroxyl groups excluding tert-OH is 1. The lowest BCUT2D eigenvalue weighted by molar-refractivity contribution is 0.139. The minimum Gasteiger partial charge on any atom is -0.388 e. The molecule has 3 rings (SSSR count). The largest absolute Gasteiger partial charge is 0.388 e. The number of rotatable bonds is 2. The van der Waals surface area contributed by atoms with Gasteiger partial charge in [-0.25, -0.2) is 4.39 Å². The van der Waals surface area contributed by atoms with Crippen molar-refractivity contribution in [3.05, 3.63) is 64.2 Å². The number of pyridine rings is 1. The van der Waals surface area contributed by atoms with Gasteiger partial charge in [-0.1, -0.05) is 29.8 Å². The third-order valence-corrected chi connectivity index (χ3v) is 3.98. The van der Waals surface area contributed by atoms with Crippen LogP contribution in [0.3, 0.4) is 0 Å². The number of aromatic nitrogens is 1. The van der Waals surface area contributed by atoms with Crippen molar-refractivity contribution in [1.29, 1.82) is 0 Å². The van der Waals surface area contributed by atoms with E-state index in [2.05, 4.69) is 4.98 Å². The van der Waals surface area contributed by atoms with E-state index in [1.54, 1.807) is 18.3 Å². The van der Waals surface area contributed by atoms with Gasteiger partial charge in [-0.2, -0.15) is 0 Å². The maximum absolute atomic E-state index is 14.0. The highest BCUT2D eigenvalue weighted by atomic mass is 35.5. The quantitative estimate of drug-likeness (QED) is 0.909. The number of halogens is 2. The molecule has 98 valence electrons. The molecule has 4 heteroatoms. The summed E-state index contributed by atoms with van der Waals surface area (Å²) in [6.07, 6.45) is 2.44. The standard InChI is InChI=1S/C15H13ClFNO/c16-12-5-1-4-10(13(12)17)15(19)11-7-6-9-3-2-8-18-14(9)11/h1-5,8,11,15,19H,6-7H2. The summed E-state index contributed by atoms with van der Waals surface area (Å²) < 4.78 is 14.0. The third-order valence-electron chi connectivity index (χ3n) is 3.68. The highest BCUT2D eigenvalue weighted by Crippen LogP contribution is 2.41. The number of aryl methyl sites for hydroxylation is 1. The van der Waals surface area contributed by atoms with Gasteiger partial charge >= 0.3 is 0 Å². The predicted octanol–water partition coefficient (Wildman–Crippen LogP) is 3.64. The second-order valence-corrected chi connectivity index (χ2v) is 5.19. The van der Waals surface area contributed by atoms with Gasteiger partial charge < -0.3 is 5.11 Å². The molecule has 2 atom stereocenters. The fourth-order valence-corrected chi connectivity index (χ4v) is 2.90. The third kappa shape index (κ3) is 2.13. The molecule has 1 heterocycles. The SMILES string of the molecule is OC(c1cccc(Cl)c1F)C1CCc2cccnc21. The molecule has 1 aromatic carbocycles. The Balaban J connectivity index is 1.98. The van der Waals surface area contributed by atoms with Gasteiger partial charge in [0.05, 0.1) is 11.1 Å². The van der Waals surface area contributed by atoms with Crippen LogP contribution in [0.15, 0.2) is 36.5 Å². The van der Waals surface area contributed by atoms with Crippen LogP contribution in [0.5, 0.6) is 0 Å². The maximum Gasteiger partial charge on any atom is 0.147 e. The van der Waals surface area contributed by atoms with E-state index in [0.29, 0.717) is 0 Å². The Hall–Kier alpha value is -1.45. The van der Waals surface area contributed by atoms with Crippen molar-refractivity contribution < 1.29 is 9.50 Å². The Morgan fingerprint density at radius 1 is 1.32 bits per heavy atom. The summed E-state index contributed by atoms with van der Waals surface area (Å²) in [5.41, 5.74) is 2.25. The van der Waals surface area contributed by atoms with Gasteiger partial charge in [0.1, 0.15) is 5.82 Å². The van der Waals surface area contributed by atoms with Gasteiger partial charge in [-0.05, 0) is 30.5 Å². The Morgan fingerprint density at radius 3 is 3.00 bits per heavy atom. The molecule has 0 saturated heterocycles. The second kappa shape index (κ2) is 4.91. The molecule has 1 aliphatic carbocycles. The van der Waals surface area contributed by atoms with Gasteiger partial charge in [0.25, 0.3) is 0 Å². The van der Waals surface area contributed by atoms with Gasteiger partial charge in [-0.15, -0.1) is 0 Å². The van der Waals surface area contributed by atoms with Crippen LogP contribution in [0.4, 0.5) is 4.39 Å². The van der Waals surface area contributed by atoms with E-state index in [-0.39, 0.29) is 16.5 Å². The average Bonchev–Trinajstić information content (AvgIpc) is 2.85. The number of nitrogens with zero attached hydrogens (tertiary/aromatic N) is 1. The van der Waals surface area contributed by atoms with Crippen LogP contribution in [0.1, 0.15) is 35.3 Å². The highest BCUT2D eigenvalue weighted by molar-refractivity contribution is 6.30. The number of fused-ring (bicyclic) bond motifs is 1. The molecule has 19 heavy (non-hydrogen) atoms. The van der Waals surface area contributed by atoms with Crippen LogP contribution in [0.25, 0.3) is 0 Å². The van der Waals surface area contributed by atoms with E-state index in [1.807, 2.05) is 12.1 Å². The lowest BCUT2D eigenvalue weighted by Gasteiger charge is -2.19. The molecule has 0 aliphatic heterocycles. The first-order valence-corrected chi connectivity index (χ1v) is 6.62. The zero-order valence-corrected chi connectivity index (χ0v) is 10.9. The Bertz CT molecular complexity index is 617. The first kappa shape index (κ1) is 12.6. The monoisotopic (exact) mass is 277 g/mol. The van der Waals surface area contributed by atoms with E-state index < -0.39 is 11.9 Å². The topological polar surface area (TPSA) is 33.1 Å². The molecule has 1 N–H and O–H groups in total. The Labute approximate surface area is 115 Å². The molecule has 0 amide bonds. The van der Waals surface area contributed by atoms with E-state index >= 15 is 0 Å². The molecule has 0 radical (unpaired) electrons. The number of hydrogen-bond acceptors (Lipinski definition) is 2. The van der Waals surface area contributed by atoms with E-state index in [1.165, 1.54) is 6.07 Å². The van der Waals surface area contributed by atoms with Crippen molar-refractivity contribution >= 4 is 11.6 Å². The highest BCUT2D eigenvalue weighted by Gasteiger charge is 2.32. The van der Waals surface area contributed by atoms with Crippen LogP contribution in [0.2, 0.25) is 5.02 Å². The molecule has 0 fully saturated rings. The van der Waals surface area contributed by atoms with Crippen LogP contribution in [-0.2, 0) is 6.42 Å². The number of benzene rings is 1. The lowest BCUT2D eigenvalue weighted by Crippen LogP contribution is -2.11. The zero-order chi connectivity index (χ0) is 13.4. The zero-order valence-electron chi connectivity index (χ0n) is 10.2. The van der Waals surface area contributed by atoms with Crippen molar-refractivity contribution in [2.45, 2.75) is 24.9 Å². The normalized spacial score (nSPS) is 19.2. The van der Waals surface area contributed by atoms with Crippen molar-refractivity contribution in [3.8, 4) is 0 Å². The molecule has 2 aromatic rings. The van der Waals surface area contributed by atoms with Gasteiger partial charge in [0.15, 0.2) is 0 Å². The summed E-state index contributed by atoms with van der Waals surface area (Å²) >= 11 is 5.76. The first-order valence-electron chi connectivity index (χ1n) is 6.24. The fraction of sp³-hybridized carbons (Fsp3) is 0.267. The summed E-state index contributed by atoms with van der Waals surface area (Å²) in [6, 6.07) is 8.59. The van der Waals surface area contributed by atoms with Crippen molar-refractivity contribution in [3.63, 3.8) is 0 Å². The van der Waals surface area contributed by atoms with Crippen molar-refractivity contribution in [2.24, 2.45) is 0 Å². The van der Waals surface area contributed by atoms with Gasteiger partial charge in [0.2, 0.25) is 0 Å². The fourth-order valence-electron chi connectivity index (χ4n) is 2.72. The molecule has 0 spiro atoms. The van der Waals surface area contributed by atoms with Crippen LogP contribution in [0, 0.1) is 5.82 Å². The van der Waals surface area contributed by atoms with Crippen molar-refractivity contribution in [2.75, 3.05) is 0 Å². The molecule has 0 saturated carbocycles. The molecule has 2 unspecified atom stereocenters. The lowest BCUT2D eigenvalue weighted by atomic mass is 9.93. The summed E-state index contributed by atoms with van der Waals surface area (Å²) in [6.45, 7) is 0. The molecular formula is C15H13ClFNO. The summed E-state index contributed by atoms with van der Waals surface area (Å²) in [7, 11) is 0. The number of hydrogen-bond donors (Lipinski definition) is 1. The molecule has 1 aromatic heterocycles. The Morgan fingerprint density at radius 2 is 2.16 bits per heavy atom. The molecule has 1 aliphatic rings. The smallest absolute Gasteiger partial charge is 0.147 e. The second-order valence-electron chi connectivity index (χ2n) is 4.78. The van der Waals surface area contributed by atoms with Crippen LogP contribution < -0.4 is 0 Å². The summed E-state index contributed by atoms with van der Waals surface area (Å²) in [4.78, 5) is 4.32. The average molecular weight is 278 g/mol. The van der Waals surface area contributed by atoms with Gasteiger partial charge in [-0.3, -0.25) is 4.98 Å². The molecular weight excluding hydrogens is 265 g/mol. The minimum atomic E-state index is -0.908. The van der Waals surface area contributed by atoms with Crippen LogP contribution in [-0.4, -0.2) is 10.1 Å². The van der Waals surface area contributed by atoms with Crippen molar-refractivity contribution in [1.82, 2.24) is 4.98 Å². The van der Waals surface area contributed by atoms with E-state index in [9.17, 15) is 9.50 Å². The van der Waals surface area contributed by atoms with Gasteiger partial charge in [0, 0.05) is 23.4 Å². The predicted molar refractivity (Wildman–Crippen MR) is 71.7 cm³/mol. The minimum absolute atomic E-state index is 0.0378. The summed E-state index contributed by atoms with van der Waals surface area (Å²) in [5.74, 6) is -0.704. The molecule has 0 bridgehead atoms. The molecule has 2 nitrogen and oxygen atoms in total. The maximum atomic E-state index is 14.0. The Kier molecular flexibility index (Phi) is 3.25. The summed E-state index contributed by atoms with van der Waals surface area (Å²) in [5, 5.41) is 10.5. The van der Waals surface area contributed by atoms with E-state index in [0.717, 1.165) is 24.1 Å².